The van der Waals surface area contributed by atoms with Crippen LogP contribution in [-0.4, -0.2) is 5.91 Å². The molecule has 2 aromatic rings. The molecule has 0 unspecified atom stereocenters. The van der Waals surface area contributed by atoms with Crippen LogP contribution in [0.1, 0.15) is 21.5 Å². The Morgan fingerprint density at radius 3 is 2.74 bits per heavy atom. The van der Waals surface area contributed by atoms with Gasteiger partial charge >= 0.3 is 0 Å². The van der Waals surface area contributed by atoms with Crippen LogP contribution in [0.4, 0.5) is 5.69 Å². The molecule has 0 heterocycles. The molecular formula is C15H13BrClNO. The van der Waals surface area contributed by atoms with Gasteiger partial charge < -0.3 is 5.32 Å². The number of anilines is 1. The van der Waals surface area contributed by atoms with Gasteiger partial charge in [-0.3, -0.25) is 4.79 Å². The van der Waals surface area contributed by atoms with Crippen molar-refractivity contribution in [1.29, 1.82) is 0 Å². The van der Waals surface area contributed by atoms with Crippen molar-refractivity contribution in [3.05, 3.63) is 63.6 Å². The van der Waals surface area contributed by atoms with Gasteiger partial charge in [-0.05, 0) is 48.4 Å². The molecule has 19 heavy (non-hydrogen) atoms. The molecule has 0 aliphatic carbocycles. The number of hydrogen-bond donors (Lipinski definition) is 1. The van der Waals surface area contributed by atoms with Crippen molar-refractivity contribution < 1.29 is 4.79 Å². The predicted molar refractivity (Wildman–Crippen MR) is 82.8 cm³/mol. The van der Waals surface area contributed by atoms with Crippen LogP contribution in [0.2, 0.25) is 0 Å². The first kappa shape index (κ1) is 14.1. The summed E-state index contributed by atoms with van der Waals surface area (Å²) in [5, 5.41) is 2.88. The second-order valence-electron chi connectivity index (χ2n) is 4.25. The fourth-order valence-electron chi connectivity index (χ4n) is 1.81. The Balaban J connectivity index is 2.20. The highest BCUT2D eigenvalue weighted by atomic mass is 79.9. The molecule has 0 saturated heterocycles. The average molecular weight is 339 g/mol. The Labute approximate surface area is 125 Å². The summed E-state index contributed by atoms with van der Waals surface area (Å²) in [6.45, 7) is 1.91. The summed E-state index contributed by atoms with van der Waals surface area (Å²) in [5.41, 5.74) is 3.33. The zero-order valence-corrected chi connectivity index (χ0v) is 12.8. The predicted octanol–water partition coefficient (Wildman–Crippen LogP) is 4.75. The highest BCUT2D eigenvalue weighted by Crippen LogP contribution is 2.18. The topological polar surface area (TPSA) is 29.1 Å². The fraction of sp³-hybridized carbons (Fsp3) is 0.133. The van der Waals surface area contributed by atoms with Gasteiger partial charge in [-0.15, -0.1) is 11.6 Å². The lowest BCUT2D eigenvalue weighted by Crippen LogP contribution is -2.13. The molecule has 0 aliphatic rings. The Morgan fingerprint density at radius 1 is 1.26 bits per heavy atom. The zero-order valence-electron chi connectivity index (χ0n) is 10.4. The summed E-state index contributed by atoms with van der Waals surface area (Å²) in [6.07, 6.45) is 0. The summed E-state index contributed by atoms with van der Waals surface area (Å²) in [7, 11) is 0. The number of aryl methyl sites for hydroxylation is 1. The average Bonchev–Trinajstić information content (AvgIpc) is 2.38. The van der Waals surface area contributed by atoms with Crippen LogP contribution in [0.5, 0.6) is 0 Å². The minimum atomic E-state index is -0.114. The van der Waals surface area contributed by atoms with Crippen molar-refractivity contribution in [3.63, 3.8) is 0 Å². The minimum absolute atomic E-state index is 0.114. The molecular weight excluding hydrogens is 326 g/mol. The normalized spacial score (nSPS) is 10.3. The quantitative estimate of drug-likeness (QED) is 0.804. The van der Waals surface area contributed by atoms with E-state index in [1.807, 2.05) is 43.3 Å². The molecule has 2 rings (SSSR count). The van der Waals surface area contributed by atoms with E-state index in [9.17, 15) is 4.79 Å². The van der Waals surface area contributed by atoms with Gasteiger partial charge in [0.1, 0.15) is 0 Å². The van der Waals surface area contributed by atoms with Gasteiger partial charge in [0.05, 0.1) is 0 Å². The van der Waals surface area contributed by atoms with Crippen LogP contribution in [0.25, 0.3) is 0 Å². The number of carbonyl (C=O) groups is 1. The third-order valence-corrected chi connectivity index (χ3v) is 3.57. The highest BCUT2D eigenvalue weighted by Gasteiger charge is 2.09. The maximum atomic E-state index is 12.2. The largest absolute Gasteiger partial charge is 0.322 e. The Morgan fingerprint density at radius 2 is 2.05 bits per heavy atom. The van der Waals surface area contributed by atoms with E-state index in [0.29, 0.717) is 11.4 Å². The first-order valence-corrected chi connectivity index (χ1v) is 7.15. The number of nitrogens with one attached hydrogen (secondary N) is 1. The third-order valence-electron chi connectivity index (χ3n) is 2.77. The van der Waals surface area contributed by atoms with Crippen LogP contribution in [0, 0.1) is 6.92 Å². The Bertz CT molecular complexity index is 613. The smallest absolute Gasteiger partial charge is 0.255 e. The fourth-order valence-corrected chi connectivity index (χ4v) is 2.45. The summed E-state index contributed by atoms with van der Waals surface area (Å²) in [6, 6.07) is 13.1. The molecule has 2 nitrogen and oxygen atoms in total. The van der Waals surface area contributed by atoms with E-state index in [0.717, 1.165) is 21.3 Å². The van der Waals surface area contributed by atoms with Gasteiger partial charge in [0.2, 0.25) is 0 Å². The molecule has 1 N–H and O–H groups in total. The molecule has 0 aromatic heterocycles. The van der Waals surface area contributed by atoms with Gasteiger partial charge in [-0.1, -0.05) is 28.1 Å². The molecule has 0 atom stereocenters. The van der Waals surface area contributed by atoms with E-state index in [2.05, 4.69) is 21.2 Å². The van der Waals surface area contributed by atoms with E-state index in [4.69, 9.17) is 11.6 Å². The number of benzene rings is 2. The second kappa shape index (κ2) is 6.22. The van der Waals surface area contributed by atoms with Gasteiger partial charge in [0.15, 0.2) is 0 Å². The number of rotatable bonds is 3. The number of alkyl halides is 1. The zero-order chi connectivity index (χ0) is 13.8. The van der Waals surface area contributed by atoms with Crippen LogP contribution in [0.3, 0.4) is 0 Å². The molecule has 0 fully saturated rings. The molecule has 2 aromatic carbocycles. The maximum Gasteiger partial charge on any atom is 0.255 e. The Kier molecular flexibility index (Phi) is 4.61. The lowest BCUT2D eigenvalue weighted by atomic mass is 10.1. The van der Waals surface area contributed by atoms with Gasteiger partial charge in [-0.25, -0.2) is 0 Å². The van der Waals surface area contributed by atoms with Crippen LogP contribution in [-0.2, 0) is 5.88 Å². The van der Waals surface area contributed by atoms with Crippen molar-refractivity contribution in [2.45, 2.75) is 12.8 Å². The van der Waals surface area contributed by atoms with E-state index in [1.165, 1.54) is 0 Å². The molecule has 4 heteroatoms. The summed E-state index contributed by atoms with van der Waals surface area (Å²) < 4.78 is 0.964. The lowest BCUT2D eigenvalue weighted by molar-refractivity contribution is 0.102. The second-order valence-corrected chi connectivity index (χ2v) is 5.43. The first-order chi connectivity index (χ1) is 9.10. The molecule has 0 radical (unpaired) electrons. The van der Waals surface area contributed by atoms with E-state index >= 15 is 0 Å². The lowest BCUT2D eigenvalue weighted by Gasteiger charge is -2.09. The van der Waals surface area contributed by atoms with E-state index < -0.39 is 0 Å². The summed E-state index contributed by atoms with van der Waals surface area (Å²) in [4.78, 5) is 12.2. The molecule has 0 bridgehead atoms. The van der Waals surface area contributed by atoms with Crippen LogP contribution in [0.15, 0.2) is 46.9 Å². The van der Waals surface area contributed by atoms with Crippen LogP contribution < -0.4 is 5.32 Å². The standard InChI is InChI=1S/C15H13BrClNO/c1-10-7-12(16)5-6-14(10)15(19)18-13-4-2-3-11(8-13)9-17/h2-8H,9H2,1H3,(H,18,19). The maximum absolute atomic E-state index is 12.2. The Hall–Kier alpha value is -1.32. The minimum Gasteiger partial charge on any atom is -0.322 e. The van der Waals surface area contributed by atoms with Crippen molar-refractivity contribution in [2.75, 3.05) is 5.32 Å². The molecule has 0 spiro atoms. The summed E-state index contributed by atoms with van der Waals surface area (Å²) in [5.74, 6) is 0.317. The SMILES string of the molecule is Cc1cc(Br)ccc1C(=O)Nc1cccc(CCl)c1. The molecule has 1 amide bonds. The van der Waals surface area contributed by atoms with Crippen molar-refractivity contribution in [3.8, 4) is 0 Å². The van der Waals surface area contributed by atoms with Crippen molar-refractivity contribution in [2.24, 2.45) is 0 Å². The van der Waals surface area contributed by atoms with Gasteiger partial charge in [0.25, 0.3) is 5.91 Å². The number of hydrogen-bond acceptors (Lipinski definition) is 1. The molecule has 98 valence electrons. The highest BCUT2D eigenvalue weighted by molar-refractivity contribution is 9.10. The first-order valence-electron chi connectivity index (χ1n) is 5.82. The number of halogens is 2. The van der Waals surface area contributed by atoms with Gasteiger partial charge in [0, 0.05) is 21.6 Å². The monoisotopic (exact) mass is 337 g/mol. The third kappa shape index (κ3) is 3.58. The molecule has 0 aliphatic heterocycles. The van der Waals surface area contributed by atoms with E-state index in [-0.39, 0.29) is 5.91 Å². The number of amides is 1. The number of carbonyl (C=O) groups excluding carboxylic acids is 1. The van der Waals surface area contributed by atoms with Crippen LogP contribution >= 0.6 is 27.5 Å². The van der Waals surface area contributed by atoms with Crippen molar-refractivity contribution >= 4 is 39.1 Å². The van der Waals surface area contributed by atoms with E-state index in [1.54, 1.807) is 6.07 Å². The summed E-state index contributed by atoms with van der Waals surface area (Å²) >= 11 is 9.16. The molecule has 0 saturated carbocycles. The van der Waals surface area contributed by atoms with Crippen molar-refractivity contribution in [1.82, 2.24) is 0 Å². The van der Waals surface area contributed by atoms with Gasteiger partial charge in [-0.2, -0.15) is 0 Å².